The van der Waals surface area contributed by atoms with Crippen LogP contribution in [0, 0.1) is 0 Å². The lowest BCUT2D eigenvalue weighted by Gasteiger charge is -2.17. The van der Waals surface area contributed by atoms with Gasteiger partial charge in [0.2, 0.25) is 11.8 Å². The summed E-state index contributed by atoms with van der Waals surface area (Å²) in [5.74, 6) is -0.308. The van der Waals surface area contributed by atoms with Gasteiger partial charge in [0.1, 0.15) is 0 Å². The van der Waals surface area contributed by atoms with Gasteiger partial charge in [0.15, 0.2) is 0 Å². The summed E-state index contributed by atoms with van der Waals surface area (Å²) in [6, 6.07) is 7.39. The van der Waals surface area contributed by atoms with E-state index >= 15 is 0 Å². The first-order valence-electron chi connectivity index (χ1n) is 7.70. The maximum absolute atomic E-state index is 12.5. The highest BCUT2D eigenvalue weighted by Crippen LogP contribution is 2.30. The second-order valence-corrected chi connectivity index (χ2v) is 6.64. The van der Waals surface area contributed by atoms with Crippen LogP contribution in [-0.2, 0) is 22.2 Å². The lowest BCUT2D eigenvalue weighted by Crippen LogP contribution is -2.19. The number of aromatic nitrogens is 1. The predicted molar refractivity (Wildman–Crippen MR) is 92.0 cm³/mol. The molecule has 0 spiro atoms. The molecule has 1 aromatic heterocycles. The summed E-state index contributed by atoms with van der Waals surface area (Å²) in [6.07, 6.45) is -2.67. The average molecular weight is 381 g/mol. The number of hydrogen-bond donors (Lipinski definition) is 2. The maximum atomic E-state index is 12.5. The van der Waals surface area contributed by atoms with Crippen LogP contribution in [0.25, 0.3) is 0 Å². The zero-order valence-corrected chi connectivity index (χ0v) is 14.2. The number of amides is 2. The molecule has 3 rings (SSSR count). The third kappa shape index (κ3) is 4.54. The van der Waals surface area contributed by atoms with Gasteiger partial charge in [0.25, 0.3) is 0 Å². The zero-order valence-electron chi connectivity index (χ0n) is 13.4. The van der Waals surface area contributed by atoms with Crippen LogP contribution in [0.3, 0.4) is 0 Å². The molecule has 9 heteroatoms. The van der Waals surface area contributed by atoms with Crippen molar-refractivity contribution in [2.45, 2.75) is 24.0 Å². The Hall–Kier alpha value is -2.55. The normalized spacial score (nSPS) is 13.7. The third-order valence-electron chi connectivity index (χ3n) is 3.70. The Labute approximate surface area is 151 Å². The van der Waals surface area contributed by atoms with Gasteiger partial charge in [0, 0.05) is 24.0 Å². The lowest BCUT2D eigenvalue weighted by molar-refractivity contribution is -0.137. The van der Waals surface area contributed by atoms with Crippen LogP contribution in [0.2, 0.25) is 0 Å². The Kier molecular flexibility index (Phi) is 5.17. The van der Waals surface area contributed by atoms with Crippen molar-refractivity contribution in [2.24, 2.45) is 0 Å². The second-order valence-electron chi connectivity index (χ2n) is 5.64. The van der Waals surface area contributed by atoms with Crippen LogP contribution >= 0.6 is 11.8 Å². The smallest absolute Gasteiger partial charge is 0.326 e. The minimum Gasteiger partial charge on any atom is -0.326 e. The number of nitrogens with zero attached hydrogens (tertiary/aromatic N) is 1. The summed E-state index contributed by atoms with van der Waals surface area (Å²) < 4.78 is 37.5. The highest BCUT2D eigenvalue weighted by atomic mass is 32.2. The van der Waals surface area contributed by atoms with E-state index in [0.717, 1.165) is 35.3 Å². The highest BCUT2D eigenvalue weighted by Gasteiger charge is 2.30. The van der Waals surface area contributed by atoms with Crippen LogP contribution in [0.5, 0.6) is 0 Å². The van der Waals surface area contributed by atoms with Crippen molar-refractivity contribution in [3.05, 3.63) is 47.7 Å². The number of alkyl halides is 3. The largest absolute Gasteiger partial charge is 0.417 e. The molecular weight excluding hydrogens is 367 g/mol. The average Bonchev–Trinajstić information content (AvgIpc) is 2.60. The van der Waals surface area contributed by atoms with Crippen LogP contribution in [0.1, 0.15) is 17.5 Å². The Morgan fingerprint density at radius 2 is 2.04 bits per heavy atom. The first kappa shape index (κ1) is 18.2. The summed E-state index contributed by atoms with van der Waals surface area (Å²) >= 11 is 1.05. The Bertz CT molecular complexity index is 838. The van der Waals surface area contributed by atoms with E-state index in [0.29, 0.717) is 23.6 Å². The van der Waals surface area contributed by atoms with Crippen LogP contribution in [-0.4, -0.2) is 22.6 Å². The number of aryl methyl sites for hydroxylation is 1. The number of pyridine rings is 1. The lowest BCUT2D eigenvalue weighted by atomic mass is 10.0. The molecule has 0 saturated heterocycles. The molecule has 26 heavy (non-hydrogen) atoms. The molecule has 1 aliphatic rings. The van der Waals surface area contributed by atoms with E-state index in [1.165, 1.54) is 6.07 Å². The first-order valence-corrected chi connectivity index (χ1v) is 8.68. The molecule has 5 nitrogen and oxygen atoms in total. The fraction of sp³-hybridized carbons (Fsp3) is 0.235. The van der Waals surface area contributed by atoms with Gasteiger partial charge in [-0.15, -0.1) is 0 Å². The molecule has 0 atom stereocenters. The molecule has 2 N–H and O–H groups in total. The molecule has 2 aromatic rings. The van der Waals surface area contributed by atoms with Gasteiger partial charge in [-0.05, 0) is 42.3 Å². The number of halogens is 3. The molecule has 0 aliphatic carbocycles. The van der Waals surface area contributed by atoms with Crippen molar-refractivity contribution >= 4 is 35.0 Å². The SMILES string of the molecule is O=C(CSc1ccc(C(F)(F)F)cn1)Nc1ccc2c(c1)CCC(=O)N2. The molecule has 1 aromatic carbocycles. The number of carbonyl (C=O) groups is 2. The Morgan fingerprint density at radius 1 is 1.23 bits per heavy atom. The predicted octanol–water partition coefficient (Wildman–Crippen LogP) is 3.72. The summed E-state index contributed by atoms with van der Waals surface area (Å²) in [7, 11) is 0. The van der Waals surface area contributed by atoms with Gasteiger partial charge in [-0.1, -0.05) is 11.8 Å². The van der Waals surface area contributed by atoms with E-state index in [4.69, 9.17) is 0 Å². The van der Waals surface area contributed by atoms with Crippen molar-refractivity contribution in [3.63, 3.8) is 0 Å². The van der Waals surface area contributed by atoms with Gasteiger partial charge in [-0.3, -0.25) is 9.59 Å². The molecule has 136 valence electrons. The summed E-state index contributed by atoms with van der Waals surface area (Å²) in [6.45, 7) is 0. The second kappa shape index (κ2) is 7.36. The molecule has 1 aliphatic heterocycles. The third-order valence-corrected chi connectivity index (χ3v) is 4.64. The van der Waals surface area contributed by atoms with E-state index in [1.807, 2.05) is 0 Å². The number of fused-ring (bicyclic) bond motifs is 1. The minimum atomic E-state index is -4.43. The van der Waals surface area contributed by atoms with E-state index in [9.17, 15) is 22.8 Å². The molecule has 2 amide bonds. The van der Waals surface area contributed by atoms with Crippen molar-refractivity contribution in [1.82, 2.24) is 4.98 Å². The molecule has 0 unspecified atom stereocenters. The molecule has 2 heterocycles. The Balaban J connectivity index is 1.55. The highest BCUT2D eigenvalue weighted by molar-refractivity contribution is 7.99. The van der Waals surface area contributed by atoms with E-state index in [-0.39, 0.29) is 17.6 Å². The molecule has 0 fully saturated rings. The van der Waals surface area contributed by atoms with Gasteiger partial charge < -0.3 is 10.6 Å². The Morgan fingerprint density at radius 3 is 2.73 bits per heavy atom. The summed E-state index contributed by atoms with van der Waals surface area (Å²) in [5, 5.41) is 5.82. The molecular formula is C17H14F3N3O2S. The number of rotatable bonds is 4. The first-order chi connectivity index (χ1) is 12.3. The molecule has 0 saturated carbocycles. The van der Waals surface area contributed by atoms with Gasteiger partial charge >= 0.3 is 6.18 Å². The van der Waals surface area contributed by atoms with Crippen molar-refractivity contribution in [3.8, 4) is 0 Å². The topological polar surface area (TPSA) is 71.1 Å². The number of hydrogen-bond acceptors (Lipinski definition) is 4. The monoisotopic (exact) mass is 381 g/mol. The fourth-order valence-electron chi connectivity index (χ4n) is 2.43. The standard InChI is InChI=1S/C17H14F3N3O2S/c18-17(19,20)11-2-6-16(21-8-11)26-9-15(25)22-12-3-4-13-10(7-12)1-5-14(24)23-13/h2-4,6-8H,1,5,9H2,(H,22,25)(H,23,24). The van der Waals surface area contributed by atoms with Gasteiger partial charge in [-0.2, -0.15) is 13.2 Å². The van der Waals surface area contributed by atoms with Crippen LogP contribution < -0.4 is 10.6 Å². The van der Waals surface area contributed by atoms with Gasteiger partial charge in [0.05, 0.1) is 16.3 Å². The van der Waals surface area contributed by atoms with Crippen molar-refractivity contribution in [2.75, 3.05) is 16.4 Å². The van der Waals surface area contributed by atoms with Gasteiger partial charge in [-0.25, -0.2) is 4.98 Å². The molecule has 0 radical (unpaired) electrons. The number of anilines is 2. The van der Waals surface area contributed by atoms with E-state index in [2.05, 4.69) is 15.6 Å². The zero-order chi connectivity index (χ0) is 18.7. The number of thioether (sulfide) groups is 1. The maximum Gasteiger partial charge on any atom is 0.417 e. The van der Waals surface area contributed by atoms with E-state index in [1.54, 1.807) is 18.2 Å². The quantitative estimate of drug-likeness (QED) is 0.792. The number of nitrogens with one attached hydrogen (secondary N) is 2. The minimum absolute atomic E-state index is 0.0200. The number of benzene rings is 1. The molecule has 0 bridgehead atoms. The van der Waals surface area contributed by atoms with Crippen molar-refractivity contribution in [1.29, 1.82) is 0 Å². The van der Waals surface area contributed by atoms with Crippen LogP contribution in [0.4, 0.5) is 24.5 Å². The summed E-state index contributed by atoms with van der Waals surface area (Å²) in [4.78, 5) is 27.1. The summed E-state index contributed by atoms with van der Waals surface area (Å²) in [5.41, 5.74) is 1.46. The number of carbonyl (C=O) groups excluding carboxylic acids is 2. The van der Waals surface area contributed by atoms with Crippen molar-refractivity contribution < 1.29 is 22.8 Å². The van der Waals surface area contributed by atoms with Crippen LogP contribution in [0.15, 0.2) is 41.6 Å². The van der Waals surface area contributed by atoms with E-state index < -0.39 is 11.7 Å². The fourth-order valence-corrected chi connectivity index (χ4v) is 3.07.